The van der Waals surface area contributed by atoms with Gasteiger partial charge in [0.2, 0.25) is 0 Å². The third-order valence-electron chi connectivity index (χ3n) is 24.6. The summed E-state index contributed by atoms with van der Waals surface area (Å²) >= 11 is 26.7. The van der Waals surface area contributed by atoms with E-state index in [1.165, 1.54) is 27.1 Å². The van der Waals surface area contributed by atoms with E-state index in [1.807, 2.05) is 97.6 Å². The van der Waals surface area contributed by atoms with E-state index >= 15 is 0 Å². The highest BCUT2D eigenvalue weighted by molar-refractivity contribution is 6.35. The van der Waals surface area contributed by atoms with Crippen molar-refractivity contribution >= 4 is 117 Å². The zero-order valence-corrected chi connectivity index (χ0v) is 84.1. The summed E-state index contributed by atoms with van der Waals surface area (Å²) in [5.74, 6) is -0.830. The molecule has 8 aliphatic rings. The number of methoxy groups -OCH3 is 2. The second-order valence-corrected chi connectivity index (χ2v) is 36.8. The van der Waals surface area contributed by atoms with Crippen LogP contribution in [-0.2, 0) is 83.2 Å². The zero-order chi connectivity index (χ0) is 97.4. The molecule has 0 unspecified atom stereocenters. The number of ether oxygens (including phenoxy) is 6. The zero-order valence-electron chi connectivity index (χ0n) is 81.0. The number of allylic oxidation sites excluding steroid dienone is 10. The standard InChI is InChI=1S/2C27H35ClN2O5.2C26H35ClN2O4/c2*1-20-17-23(33-2)26(28)22-18-21(29-35-19-24(31)30-14-10-8-11-15-30)13-9-6-4-3-5-7-12-16-34-27(32)25(20)22;2*1-19-16-20(2)25(27)22-17-21(28-33-18-23(30)29-13-9-7-10-14-29)12-8-5-3-4-6-11-15-32-26(31)24(19)22/h2*3,5,9,13,17H,4,6-8,10-12,14-16,18-19H2,1-2H3;2*4,6,16H,3,5,7-15,17-18H2,1-2H3/b5-3+,13-9+,29-21+;5-3+,13-9+,29-21-;6-4+,28-21+;6-4+,28-21-. The van der Waals surface area contributed by atoms with Gasteiger partial charge in [0, 0.05) is 88.1 Å². The molecule has 0 aliphatic carbocycles. The summed E-state index contributed by atoms with van der Waals surface area (Å²) in [6.07, 6.45) is 54.0. The van der Waals surface area contributed by atoms with Gasteiger partial charge in [0.25, 0.3) is 23.6 Å². The lowest BCUT2D eigenvalue weighted by Crippen LogP contribution is -2.37. The molecular weight excluding hydrogens is 1820 g/mol. The number of carbonyl (C=O) groups is 8. The molecule has 4 amide bonds. The first-order valence-corrected chi connectivity index (χ1v) is 50.2. The van der Waals surface area contributed by atoms with Crippen LogP contribution in [0.15, 0.2) is 118 Å². The second-order valence-electron chi connectivity index (χ2n) is 35.3. The molecule has 4 aromatic rings. The van der Waals surface area contributed by atoms with Crippen LogP contribution in [0.3, 0.4) is 0 Å². The lowest BCUT2D eigenvalue weighted by atomic mass is 9.93. The summed E-state index contributed by atoms with van der Waals surface area (Å²) in [5.41, 5.74) is 12.0. The second kappa shape index (κ2) is 60.4. The topological polar surface area (TPSA) is 291 Å². The average Bonchev–Trinajstić information content (AvgIpc) is 0.822. The van der Waals surface area contributed by atoms with Gasteiger partial charge in [-0.3, -0.25) is 19.2 Å². The van der Waals surface area contributed by atoms with Gasteiger partial charge in [0.1, 0.15) is 11.5 Å². The fourth-order valence-corrected chi connectivity index (χ4v) is 18.3. The number of carbonyl (C=O) groups excluding carboxylic acids is 8. The summed E-state index contributed by atoms with van der Waals surface area (Å²) < 4.78 is 33.1. The summed E-state index contributed by atoms with van der Waals surface area (Å²) in [4.78, 5) is 131. The minimum Gasteiger partial charge on any atom is -0.495 e. The molecule has 740 valence electrons. The van der Waals surface area contributed by atoms with E-state index in [2.05, 4.69) is 69.2 Å². The number of esters is 4. The smallest absolute Gasteiger partial charge is 0.338 e. The molecule has 26 nitrogen and oxygen atoms in total. The highest BCUT2D eigenvalue weighted by Crippen LogP contribution is 2.38. The van der Waals surface area contributed by atoms with Gasteiger partial charge in [-0.15, -0.1) is 0 Å². The first kappa shape index (κ1) is 109. The van der Waals surface area contributed by atoms with Crippen molar-refractivity contribution in [3.8, 4) is 11.5 Å². The van der Waals surface area contributed by atoms with Crippen LogP contribution in [0.5, 0.6) is 11.5 Å². The number of cyclic esters (lactones) is 4. The predicted molar refractivity (Wildman–Crippen MR) is 536 cm³/mol. The van der Waals surface area contributed by atoms with E-state index in [0.29, 0.717) is 152 Å². The number of amides is 4. The van der Waals surface area contributed by atoms with Crippen molar-refractivity contribution in [1.29, 1.82) is 0 Å². The lowest BCUT2D eigenvalue weighted by molar-refractivity contribution is -0.137. The average molecular weight is 1960 g/mol. The number of likely N-dealkylation sites (tertiary alicyclic amines) is 4. The molecule has 0 saturated carbocycles. The van der Waals surface area contributed by atoms with Crippen LogP contribution in [0.1, 0.15) is 290 Å². The third kappa shape index (κ3) is 35.9. The van der Waals surface area contributed by atoms with Gasteiger partial charge in [-0.05, 0) is 314 Å². The van der Waals surface area contributed by atoms with Gasteiger partial charge in [0.15, 0.2) is 26.4 Å². The molecule has 0 spiro atoms. The normalized spacial score (nSPS) is 20.6. The number of rotatable bonds is 14. The Morgan fingerprint density at radius 2 is 0.574 bits per heavy atom. The Balaban J connectivity index is 0.000000203. The Morgan fingerprint density at radius 3 is 0.897 bits per heavy atom. The molecule has 136 heavy (non-hydrogen) atoms. The molecule has 0 bridgehead atoms. The van der Waals surface area contributed by atoms with Crippen molar-refractivity contribution in [3.05, 3.63) is 195 Å². The maximum Gasteiger partial charge on any atom is 0.338 e. The first-order chi connectivity index (χ1) is 66.0. The molecule has 4 aromatic carbocycles. The van der Waals surface area contributed by atoms with Crippen molar-refractivity contribution in [3.63, 3.8) is 0 Å². The molecule has 0 N–H and O–H groups in total. The third-order valence-corrected chi connectivity index (χ3v) is 26.5. The molecule has 12 rings (SSSR count). The summed E-state index contributed by atoms with van der Waals surface area (Å²) in [7, 11) is 3.07. The number of benzene rings is 4. The first-order valence-electron chi connectivity index (χ1n) is 48.7. The van der Waals surface area contributed by atoms with Crippen molar-refractivity contribution in [2.75, 3.05) is 119 Å². The number of hydrogen-bond acceptors (Lipinski definition) is 22. The molecular formula is C106H140Cl4N8O18. The summed E-state index contributed by atoms with van der Waals surface area (Å²) in [5, 5.41) is 19.0. The molecule has 30 heteroatoms. The molecule has 4 fully saturated rings. The molecule has 8 heterocycles. The van der Waals surface area contributed by atoms with Gasteiger partial charge < -0.3 is 67.4 Å². The molecule has 0 atom stereocenters. The van der Waals surface area contributed by atoms with E-state index in [-0.39, 0.29) is 74.8 Å². The highest BCUT2D eigenvalue weighted by Gasteiger charge is 2.30. The number of nitrogens with zero attached hydrogens (tertiary/aromatic N) is 8. The van der Waals surface area contributed by atoms with Crippen molar-refractivity contribution < 1.29 is 86.1 Å². The Labute approximate surface area is 823 Å². The minimum absolute atomic E-state index is 0.0289. The number of halogens is 4. The predicted octanol–water partition coefficient (Wildman–Crippen LogP) is 22.0. The highest BCUT2D eigenvalue weighted by atomic mass is 35.5. The molecule has 4 saturated heterocycles. The number of oxime groups is 4. The molecule has 0 aromatic heterocycles. The van der Waals surface area contributed by atoms with Crippen LogP contribution in [0.2, 0.25) is 20.1 Å². The van der Waals surface area contributed by atoms with Crippen LogP contribution < -0.4 is 9.47 Å². The Hall–Kier alpha value is -10.3. The summed E-state index contributed by atoms with van der Waals surface area (Å²) in [6, 6.07) is 7.30. The van der Waals surface area contributed by atoms with Crippen molar-refractivity contribution in [2.45, 2.75) is 260 Å². The van der Waals surface area contributed by atoms with Crippen LogP contribution >= 0.6 is 46.4 Å². The Morgan fingerprint density at radius 1 is 0.301 bits per heavy atom. The lowest BCUT2D eigenvalue weighted by Gasteiger charge is -2.26. The van der Waals surface area contributed by atoms with Gasteiger partial charge in [-0.25, -0.2) is 19.2 Å². The SMILES string of the molecule is COc1cc(C)c2c(c1Cl)CC(=N/OCC(=O)N1CCCCC1)/C=C/CC/C=C/CCCOC2=O.COc1cc(C)c2c(c1Cl)CC(=N\OCC(=O)N1CCCCC1)/C=C/CC/C=C/CCCOC2=O.Cc1cc(C)c2c(c1Cl)C/C(=N/OCC(=O)N1CCCCC1)CCCC/C=C/CCOC2=O.Cc1cc(C)c2c(c1Cl)C/C(=N\OCC(=O)N1CCCCC1)CCCC/C=C/CCOC2=O. The molecule has 8 aliphatic heterocycles. The van der Waals surface area contributed by atoms with Crippen LogP contribution in [0, 0.1) is 41.5 Å². The number of hydrogen-bond donors (Lipinski definition) is 0. The molecule has 0 radical (unpaired) electrons. The summed E-state index contributed by atoms with van der Waals surface area (Å²) in [6.45, 7) is 18.5. The van der Waals surface area contributed by atoms with Gasteiger partial charge in [-0.1, -0.05) is 140 Å². The van der Waals surface area contributed by atoms with Gasteiger partial charge in [0.05, 0.1) is 95.8 Å². The van der Waals surface area contributed by atoms with Crippen molar-refractivity contribution in [1.82, 2.24) is 19.6 Å². The largest absolute Gasteiger partial charge is 0.495 e. The minimum atomic E-state index is -0.426. The quantitative estimate of drug-likeness (QED) is 0.0490. The van der Waals surface area contributed by atoms with Crippen molar-refractivity contribution in [2.24, 2.45) is 20.6 Å². The van der Waals surface area contributed by atoms with E-state index in [4.69, 9.17) is 94.2 Å². The number of fused-ring (bicyclic) bond motifs is 4. The fraction of sp³-hybridized carbons (Fsp3) is 0.547. The van der Waals surface area contributed by atoms with E-state index in [1.54, 1.807) is 12.1 Å². The monoisotopic (exact) mass is 1950 g/mol. The van der Waals surface area contributed by atoms with Gasteiger partial charge >= 0.3 is 23.9 Å². The van der Waals surface area contributed by atoms with E-state index < -0.39 is 11.9 Å². The van der Waals surface area contributed by atoms with Gasteiger partial charge in [-0.2, -0.15) is 0 Å². The fourth-order valence-electron chi connectivity index (χ4n) is 17.2. The maximum atomic E-state index is 13.0. The van der Waals surface area contributed by atoms with Crippen LogP contribution in [-0.4, -0.2) is 209 Å². The Kier molecular flexibility index (Phi) is 48.6. The van der Waals surface area contributed by atoms with E-state index in [9.17, 15) is 38.4 Å². The van der Waals surface area contributed by atoms with Crippen LogP contribution in [0.4, 0.5) is 0 Å². The van der Waals surface area contributed by atoms with Crippen LogP contribution in [0.25, 0.3) is 0 Å². The maximum absolute atomic E-state index is 13.0. The Bertz CT molecular complexity index is 4680. The number of aryl methyl sites for hydroxylation is 6. The number of piperidine rings is 4. The van der Waals surface area contributed by atoms with E-state index in [0.717, 1.165) is 251 Å².